The van der Waals surface area contributed by atoms with Crippen molar-refractivity contribution in [2.75, 3.05) is 19.7 Å². The molecule has 0 saturated carbocycles. The van der Waals surface area contributed by atoms with Crippen LogP contribution in [0.1, 0.15) is 53.8 Å². The molecule has 0 unspecified atom stereocenters. The number of carbonyl (C=O) groups excluding carboxylic acids is 1. The summed E-state index contributed by atoms with van der Waals surface area (Å²) in [5, 5.41) is 26.7. The summed E-state index contributed by atoms with van der Waals surface area (Å²) < 4.78 is 0. The molecule has 1 fully saturated rings. The number of aliphatic hydroxyl groups excluding tert-OH is 1. The van der Waals surface area contributed by atoms with E-state index in [1.165, 1.54) is 0 Å². The van der Waals surface area contributed by atoms with Gasteiger partial charge in [0.1, 0.15) is 0 Å². The number of hydrogen-bond donors (Lipinski definition) is 3. The minimum absolute atomic E-state index is 0.0448. The van der Waals surface area contributed by atoms with Gasteiger partial charge >= 0.3 is 0 Å². The van der Waals surface area contributed by atoms with E-state index in [9.17, 15) is 15.0 Å². The number of H-pyrrole nitrogens is 1. The molecule has 1 aliphatic carbocycles. The Hall–Kier alpha value is -1.40. The van der Waals surface area contributed by atoms with Crippen LogP contribution >= 0.6 is 0 Å². The average Bonchev–Trinajstić information content (AvgIpc) is 2.83. The first-order chi connectivity index (χ1) is 10.1. The van der Waals surface area contributed by atoms with E-state index in [1.54, 1.807) is 4.90 Å². The molecule has 21 heavy (non-hydrogen) atoms. The standard InChI is InChI=1S/C15H23N3O3/c19-10-15(21)6-3-8-18(9-7-15)14(20)13-11-4-1-2-5-12(11)16-17-13/h19,21H,1-10H2,(H,16,17)/t15-/m1/s1. The Bertz CT molecular complexity index is 528. The lowest BCUT2D eigenvalue weighted by Gasteiger charge is -2.24. The highest BCUT2D eigenvalue weighted by molar-refractivity contribution is 5.94. The largest absolute Gasteiger partial charge is 0.393 e. The quantitative estimate of drug-likeness (QED) is 0.746. The fourth-order valence-corrected chi connectivity index (χ4v) is 3.35. The van der Waals surface area contributed by atoms with Gasteiger partial charge in [-0.1, -0.05) is 0 Å². The maximum Gasteiger partial charge on any atom is 0.274 e. The summed E-state index contributed by atoms with van der Waals surface area (Å²) in [5.41, 5.74) is 1.69. The van der Waals surface area contributed by atoms with Crippen molar-refractivity contribution in [3.05, 3.63) is 17.0 Å². The number of aromatic amines is 1. The van der Waals surface area contributed by atoms with Crippen molar-refractivity contribution in [3.8, 4) is 0 Å². The van der Waals surface area contributed by atoms with Crippen LogP contribution in [0.15, 0.2) is 0 Å². The number of likely N-dealkylation sites (tertiary alicyclic amines) is 1. The van der Waals surface area contributed by atoms with Crippen LogP contribution in [-0.2, 0) is 12.8 Å². The lowest BCUT2D eigenvalue weighted by atomic mass is 9.95. The summed E-state index contributed by atoms with van der Waals surface area (Å²) in [6.07, 6.45) is 5.80. The van der Waals surface area contributed by atoms with Crippen LogP contribution in [0, 0.1) is 0 Å². The van der Waals surface area contributed by atoms with Gasteiger partial charge in [-0.05, 0) is 44.9 Å². The molecule has 0 bridgehead atoms. The molecule has 1 saturated heterocycles. The van der Waals surface area contributed by atoms with Crippen molar-refractivity contribution >= 4 is 5.91 Å². The zero-order valence-corrected chi connectivity index (χ0v) is 12.3. The van der Waals surface area contributed by atoms with Gasteiger partial charge in [0, 0.05) is 24.3 Å². The van der Waals surface area contributed by atoms with Crippen molar-refractivity contribution in [1.82, 2.24) is 15.1 Å². The number of hydrogen-bond acceptors (Lipinski definition) is 4. The van der Waals surface area contributed by atoms with E-state index in [0.717, 1.165) is 36.9 Å². The Kier molecular flexibility index (Phi) is 3.99. The summed E-state index contributed by atoms with van der Waals surface area (Å²) >= 11 is 0. The van der Waals surface area contributed by atoms with Crippen molar-refractivity contribution in [3.63, 3.8) is 0 Å². The van der Waals surface area contributed by atoms with Gasteiger partial charge in [0.2, 0.25) is 0 Å². The summed E-state index contributed by atoms with van der Waals surface area (Å²) in [4.78, 5) is 14.4. The van der Waals surface area contributed by atoms with E-state index >= 15 is 0 Å². The number of nitrogens with zero attached hydrogens (tertiary/aromatic N) is 2. The van der Waals surface area contributed by atoms with Gasteiger partial charge in [-0.3, -0.25) is 9.89 Å². The van der Waals surface area contributed by atoms with Crippen LogP contribution in [-0.4, -0.2) is 56.5 Å². The van der Waals surface area contributed by atoms with E-state index in [2.05, 4.69) is 10.2 Å². The predicted octanol–water partition coefficient (Wildman–Crippen LogP) is 0.638. The van der Waals surface area contributed by atoms with Crippen molar-refractivity contribution in [1.29, 1.82) is 0 Å². The Morgan fingerprint density at radius 3 is 2.86 bits per heavy atom. The first-order valence-corrected chi connectivity index (χ1v) is 7.82. The maximum absolute atomic E-state index is 12.7. The van der Waals surface area contributed by atoms with Gasteiger partial charge in [-0.15, -0.1) is 0 Å². The predicted molar refractivity (Wildman–Crippen MR) is 77.0 cm³/mol. The smallest absolute Gasteiger partial charge is 0.274 e. The number of nitrogens with one attached hydrogen (secondary N) is 1. The van der Waals surface area contributed by atoms with E-state index in [0.29, 0.717) is 38.0 Å². The highest BCUT2D eigenvalue weighted by Gasteiger charge is 2.32. The second kappa shape index (κ2) is 5.77. The fourth-order valence-electron chi connectivity index (χ4n) is 3.35. The molecule has 1 atom stereocenters. The molecule has 3 N–H and O–H groups in total. The second-order valence-corrected chi connectivity index (χ2v) is 6.26. The monoisotopic (exact) mass is 293 g/mol. The molecule has 1 aromatic rings. The second-order valence-electron chi connectivity index (χ2n) is 6.26. The number of carbonyl (C=O) groups is 1. The van der Waals surface area contributed by atoms with Crippen LogP contribution in [0.4, 0.5) is 0 Å². The highest BCUT2D eigenvalue weighted by atomic mass is 16.3. The molecule has 2 heterocycles. The van der Waals surface area contributed by atoms with Gasteiger partial charge in [0.25, 0.3) is 5.91 Å². The summed E-state index contributed by atoms with van der Waals surface area (Å²) in [6, 6.07) is 0. The van der Waals surface area contributed by atoms with Crippen LogP contribution in [0.2, 0.25) is 0 Å². The van der Waals surface area contributed by atoms with Crippen LogP contribution < -0.4 is 0 Å². The molecule has 2 aliphatic rings. The third kappa shape index (κ3) is 2.82. The molecule has 1 amide bonds. The summed E-state index contributed by atoms with van der Waals surface area (Å²) in [7, 11) is 0. The molecule has 6 nitrogen and oxygen atoms in total. The fraction of sp³-hybridized carbons (Fsp3) is 0.733. The minimum Gasteiger partial charge on any atom is -0.393 e. The molecule has 3 rings (SSSR count). The van der Waals surface area contributed by atoms with Crippen molar-refractivity contribution in [2.45, 2.75) is 50.5 Å². The topological polar surface area (TPSA) is 89.5 Å². The van der Waals surface area contributed by atoms with Gasteiger partial charge in [-0.2, -0.15) is 5.10 Å². The molecule has 1 aromatic heterocycles. The van der Waals surface area contributed by atoms with Gasteiger partial charge < -0.3 is 15.1 Å². The van der Waals surface area contributed by atoms with Gasteiger partial charge in [0.15, 0.2) is 5.69 Å². The Balaban J connectivity index is 1.75. The first kappa shape index (κ1) is 14.5. The van der Waals surface area contributed by atoms with E-state index in [1.807, 2.05) is 0 Å². The van der Waals surface area contributed by atoms with Crippen molar-refractivity contribution in [2.24, 2.45) is 0 Å². The number of rotatable bonds is 2. The highest BCUT2D eigenvalue weighted by Crippen LogP contribution is 2.26. The van der Waals surface area contributed by atoms with E-state index < -0.39 is 5.60 Å². The number of aliphatic hydroxyl groups is 2. The number of aryl methyl sites for hydroxylation is 1. The number of amides is 1. The SMILES string of the molecule is O=C(c1n[nH]c2c1CCCC2)N1CCC[C@](O)(CO)CC1. The van der Waals surface area contributed by atoms with Crippen LogP contribution in [0.25, 0.3) is 0 Å². The molecule has 116 valence electrons. The molecule has 0 spiro atoms. The van der Waals surface area contributed by atoms with E-state index in [-0.39, 0.29) is 12.5 Å². The Labute approximate surface area is 124 Å². The summed E-state index contributed by atoms with van der Waals surface area (Å²) in [5.74, 6) is -0.0448. The normalized spacial score (nSPS) is 26.3. The third-order valence-corrected chi connectivity index (χ3v) is 4.76. The maximum atomic E-state index is 12.7. The molecular weight excluding hydrogens is 270 g/mol. The zero-order valence-electron chi connectivity index (χ0n) is 12.3. The van der Waals surface area contributed by atoms with Crippen LogP contribution in [0.3, 0.4) is 0 Å². The lowest BCUT2D eigenvalue weighted by Crippen LogP contribution is -2.37. The third-order valence-electron chi connectivity index (χ3n) is 4.76. The average molecular weight is 293 g/mol. The lowest BCUT2D eigenvalue weighted by molar-refractivity contribution is -0.0250. The minimum atomic E-state index is -1.04. The summed E-state index contributed by atoms with van der Waals surface area (Å²) in [6.45, 7) is 0.840. The number of aromatic nitrogens is 2. The zero-order chi connectivity index (χ0) is 14.9. The van der Waals surface area contributed by atoms with E-state index in [4.69, 9.17) is 0 Å². The molecule has 0 radical (unpaired) electrons. The Morgan fingerprint density at radius 2 is 2.05 bits per heavy atom. The van der Waals surface area contributed by atoms with Gasteiger partial charge in [0.05, 0.1) is 12.2 Å². The van der Waals surface area contributed by atoms with Gasteiger partial charge in [-0.25, -0.2) is 0 Å². The first-order valence-electron chi connectivity index (χ1n) is 7.82. The molecule has 1 aliphatic heterocycles. The number of fused-ring (bicyclic) bond motifs is 1. The van der Waals surface area contributed by atoms with Crippen molar-refractivity contribution < 1.29 is 15.0 Å². The van der Waals surface area contributed by atoms with Crippen LogP contribution in [0.5, 0.6) is 0 Å². The Morgan fingerprint density at radius 1 is 1.24 bits per heavy atom. The molecule has 6 heteroatoms. The molecular formula is C15H23N3O3. The molecule has 0 aromatic carbocycles.